The number of nitrogens with zero attached hydrogens (tertiary/aromatic N) is 3. The van der Waals surface area contributed by atoms with Crippen molar-refractivity contribution in [2.45, 2.75) is 104 Å². The minimum absolute atomic E-state index is 0. The summed E-state index contributed by atoms with van der Waals surface area (Å²) < 4.78 is 28.7. The number of benzene rings is 4. The fourth-order valence-corrected chi connectivity index (χ4v) is 5.80. The van der Waals surface area contributed by atoms with Gasteiger partial charge in [0.05, 0.1) is 6.04 Å². The van der Waals surface area contributed by atoms with Crippen LogP contribution >= 0.6 is 0 Å². The van der Waals surface area contributed by atoms with Crippen LogP contribution in [0.3, 0.4) is 0 Å². The van der Waals surface area contributed by atoms with Gasteiger partial charge in [-0.3, -0.25) is 0 Å². The van der Waals surface area contributed by atoms with E-state index in [2.05, 4.69) is 18.8 Å². The van der Waals surface area contributed by atoms with Gasteiger partial charge in [-0.2, -0.15) is 19.2 Å². The lowest BCUT2D eigenvalue weighted by molar-refractivity contribution is -0.385. The number of nitrogens with two attached hydrogens (primary N) is 1. The second-order valence-corrected chi connectivity index (χ2v) is 13.7. The molecule has 0 aliphatic heterocycles. The highest BCUT2D eigenvalue weighted by molar-refractivity contribution is 6.08. The highest BCUT2D eigenvalue weighted by Crippen LogP contribution is 2.17. The third kappa shape index (κ3) is 16.9. The molecule has 0 bridgehead atoms. The molecule has 0 aliphatic rings. The molecule has 0 fully saturated rings. The fourth-order valence-electron chi connectivity index (χ4n) is 5.80. The van der Waals surface area contributed by atoms with Gasteiger partial charge >= 0.3 is 30.4 Å². The number of rotatable bonds is 18. The summed E-state index contributed by atoms with van der Waals surface area (Å²) in [6, 6.07) is 33.0. The number of imide groups is 2. The first-order chi connectivity index (χ1) is 28.8. The second-order valence-electron chi connectivity index (χ2n) is 13.7. The molecule has 4 rings (SSSR count). The van der Waals surface area contributed by atoms with Crippen molar-refractivity contribution < 1.29 is 59.8 Å². The molecule has 1 unspecified atom stereocenters. The Balaban J connectivity index is 0.00000961. The molecule has 60 heavy (non-hydrogen) atoms. The number of amidine groups is 2. The van der Waals surface area contributed by atoms with Gasteiger partial charge in [0.15, 0.2) is 0 Å². The molecule has 14 heteroatoms. The summed E-state index contributed by atoms with van der Waals surface area (Å²) in [5.74, 6) is 0. The number of unbranched alkanes of at least 4 members (excludes halogenated alkanes) is 5. The third-order valence-corrected chi connectivity index (χ3v) is 8.97. The first-order valence-corrected chi connectivity index (χ1v) is 20.1. The molecule has 1 atom stereocenters. The van der Waals surface area contributed by atoms with E-state index in [0.29, 0.717) is 35.1 Å². The Hall–Kier alpha value is -6.21. The number of hydrogen-bond acceptors (Lipinski definition) is 10. The van der Waals surface area contributed by atoms with Gasteiger partial charge in [-0.05, 0) is 44.6 Å². The van der Waals surface area contributed by atoms with Crippen LogP contribution < -0.4 is 18.1 Å². The molecule has 320 valence electrons. The number of amides is 4. The molecule has 0 aromatic heterocycles. The van der Waals surface area contributed by atoms with Crippen molar-refractivity contribution in [1.82, 2.24) is 4.90 Å². The van der Waals surface area contributed by atoms with Gasteiger partial charge < -0.3 is 41.8 Å². The minimum Gasteiger partial charge on any atom is -1.00 e. The van der Waals surface area contributed by atoms with E-state index in [0.717, 1.165) is 44.9 Å². The molecule has 2 N–H and O–H groups in total. The second kappa shape index (κ2) is 27.5. The van der Waals surface area contributed by atoms with Gasteiger partial charge in [0, 0.05) is 0 Å². The highest BCUT2D eigenvalue weighted by atomic mass is 35.5. The van der Waals surface area contributed by atoms with Crippen LogP contribution in [0.25, 0.3) is 0 Å². The molecule has 4 aromatic rings. The zero-order valence-corrected chi connectivity index (χ0v) is 35.0. The molecule has 0 saturated carbocycles. The van der Waals surface area contributed by atoms with Crippen molar-refractivity contribution in [3.63, 3.8) is 0 Å². The van der Waals surface area contributed by atoms with Gasteiger partial charge in [0.25, 0.3) is 6.02 Å². The maximum absolute atomic E-state index is 14.2. The van der Waals surface area contributed by atoms with Crippen LogP contribution in [-0.2, 0) is 50.1 Å². The van der Waals surface area contributed by atoms with Crippen molar-refractivity contribution in [2.24, 2.45) is 10.7 Å². The molecule has 0 aliphatic carbocycles. The molecule has 0 heterocycles. The van der Waals surface area contributed by atoms with Gasteiger partial charge in [-0.1, -0.05) is 180 Å². The number of halogens is 1. The van der Waals surface area contributed by atoms with Crippen LogP contribution in [0, 0.1) is 0 Å². The molecule has 4 amide bonds. The Labute approximate surface area is 358 Å². The van der Waals surface area contributed by atoms with Crippen molar-refractivity contribution >= 4 is 36.4 Å². The lowest BCUT2D eigenvalue weighted by Crippen LogP contribution is -3.00. The van der Waals surface area contributed by atoms with E-state index in [4.69, 9.17) is 29.4 Å². The summed E-state index contributed by atoms with van der Waals surface area (Å²) in [7, 11) is 0. The first-order valence-electron chi connectivity index (χ1n) is 20.1. The van der Waals surface area contributed by atoms with Crippen LogP contribution in [0.4, 0.5) is 19.2 Å². The quantitative estimate of drug-likeness (QED) is 0.0355. The standard InChI is InChI=1S/C46H55N4O9.ClH/c1-3-5-7-21-31-40(30-12-6-4-2)48-41(47)59-42(49(43(51)55-32-36-22-13-8-14-23-36)44(52)56-33-37-24-15-9-16-25-37)50(45(53)57-34-38-26-17-10-18-27-38)46(54)58-35-39-28-19-11-20-29-39;/h8-11,13-20,22-29,40H,3-7,12,21,30-35H2,1-2H3,(H2,47,48);1H/q+1;/p-1. The molecule has 0 radical (unpaired) electrons. The van der Waals surface area contributed by atoms with E-state index in [1.54, 1.807) is 121 Å². The number of aliphatic imine (C=N–C) groups is 1. The van der Waals surface area contributed by atoms with E-state index in [9.17, 15) is 19.2 Å². The summed E-state index contributed by atoms with van der Waals surface area (Å²) in [6.07, 6.45) is 2.78. The number of hydrogen-bond donors (Lipinski definition) is 1. The van der Waals surface area contributed by atoms with Crippen molar-refractivity contribution in [2.75, 3.05) is 0 Å². The lowest BCUT2D eigenvalue weighted by Gasteiger charge is -2.18. The summed E-state index contributed by atoms with van der Waals surface area (Å²) >= 11 is 0. The minimum atomic E-state index is -1.36. The van der Waals surface area contributed by atoms with Gasteiger partial charge in [-0.25, -0.2) is 4.99 Å². The zero-order chi connectivity index (χ0) is 42.1. The fraction of sp³-hybridized carbons (Fsp3) is 0.348. The molecule has 13 nitrogen and oxygen atoms in total. The summed E-state index contributed by atoms with van der Waals surface area (Å²) in [5, 5.41) is 0. The van der Waals surface area contributed by atoms with Gasteiger partial charge in [0.1, 0.15) is 26.4 Å². The average Bonchev–Trinajstić information content (AvgIpc) is 3.26. The van der Waals surface area contributed by atoms with E-state index < -0.39 is 36.4 Å². The summed E-state index contributed by atoms with van der Waals surface area (Å²) in [4.78, 5) is 61.7. The van der Waals surface area contributed by atoms with E-state index in [1.807, 2.05) is 0 Å². The van der Waals surface area contributed by atoms with Crippen molar-refractivity contribution in [3.8, 4) is 0 Å². The zero-order valence-electron chi connectivity index (χ0n) is 34.3. The van der Waals surface area contributed by atoms with E-state index >= 15 is 0 Å². The Morgan fingerprint density at radius 3 is 1.28 bits per heavy atom. The molecular formula is C46H55ClN4O9. The number of carbonyl (C=O) groups excluding carboxylic acids is 4. The predicted molar refractivity (Wildman–Crippen MR) is 223 cm³/mol. The average molecular weight is 843 g/mol. The van der Waals surface area contributed by atoms with Crippen LogP contribution in [0.15, 0.2) is 126 Å². The Kier molecular flexibility index (Phi) is 22.1. The van der Waals surface area contributed by atoms with Crippen LogP contribution in [0.2, 0.25) is 0 Å². The third-order valence-electron chi connectivity index (χ3n) is 8.97. The molecular weight excluding hydrogens is 788 g/mol. The molecule has 0 spiro atoms. The van der Waals surface area contributed by atoms with Gasteiger partial charge in [0.2, 0.25) is 0 Å². The largest absolute Gasteiger partial charge is 1.00 e. The van der Waals surface area contributed by atoms with Crippen LogP contribution in [-0.4, -0.2) is 51.9 Å². The van der Waals surface area contributed by atoms with Gasteiger partial charge in [-0.15, -0.1) is 0 Å². The smallest absolute Gasteiger partial charge is 0.521 e. The summed E-state index contributed by atoms with van der Waals surface area (Å²) in [6.45, 7) is 3.03. The first kappa shape index (κ1) is 48.2. The monoisotopic (exact) mass is 842 g/mol. The van der Waals surface area contributed by atoms with E-state index in [1.165, 1.54) is 0 Å². The predicted octanol–water partition coefficient (Wildman–Crippen LogP) is 7.26. The Morgan fingerprint density at radius 2 is 0.900 bits per heavy atom. The number of carbonyl (C=O) groups is 4. The van der Waals surface area contributed by atoms with E-state index in [-0.39, 0.29) is 54.4 Å². The molecule has 0 saturated heterocycles. The van der Waals surface area contributed by atoms with Crippen molar-refractivity contribution in [1.29, 1.82) is 0 Å². The number of ether oxygens (including phenoxy) is 5. The maximum atomic E-state index is 14.2. The Morgan fingerprint density at radius 1 is 0.550 bits per heavy atom. The topological polar surface area (TPSA) is 159 Å². The Bertz CT molecular complexity index is 1840. The highest BCUT2D eigenvalue weighted by Gasteiger charge is 2.49. The summed E-state index contributed by atoms with van der Waals surface area (Å²) in [5.41, 5.74) is 8.83. The molecule has 4 aromatic carbocycles. The maximum Gasteiger partial charge on any atom is 0.521 e. The van der Waals surface area contributed by atoms with Crippen molar-refractivity contribution in [3.05, 3.63) is 144 Å². The van der Waals surface area contributed by atoms with Crippen LogP contribution in [0.5, 0.6) is 0 Å². The normalized spacial score (nSPS) is 11.3. The lowest BCUT2D eigenvalue weighted by atomic mass is 10.0. The van der Waals surface area contributed by atoms with Crippen LogP contribution in [0.1, 0.15) is 93.9 Å². The SMILES string of the molecule is CCCCCCC(CCCCC)N=C(N)OC(N(C(=O)OCc1ccccc1)C(=O)OCc1ccccc1)=[N+](C(=O)OCc1ccccc1)C(=O)OCc1ccccc1.[Cl-].